The van der Waals surface area contributed by atoms with Gasteiger partial charge in [0.1, 0.15) is 0 Å². The summed E-state index contributed by atoms with van der Waals surface area (Å²) in [4.78, 5) is 13.9. The number of piperidine rings is 1. The lowest BCUT2D eigenvalue weighted by molar-refractivity contribution is 0.182. The summed E-state index contributed by atoms with van der Waals surface area (Å²) < 4.78 is 0. The minimum atomic E-state index is -0.122. The number of nitrogens with one attached hydrogen (secondary N) is 1. The molecule has 1 fully saturated rings. The smallest absolute Gasteiger partial charge is 0.321 e. The number of nitrogen functional groups attached to an aromatic ring is 1. The van der Waals surface area contributed by atoms with Crippen LogP contribution in [-0.2, 0) is 0 Å². The number of nitrogens with two attached hydrogens (primary N) is 1. The topological polar surface area (TPSA) is 82.2 Å². The van der Waals surface area contributed by atoms with Gasteiger partial charge in [0, 0.05) is 13.1 Å². The van der Waals surface area contributed by atoms with E-state index in [-0.39, 0.29) is 6.03 Å². The number of urea groups is 1. The van der Waals surface area contributed by atoms with Crippen molar-refractivity contribution >= 4 is 17.4 Å². The summed E-state index contributed by atoms with van der Waals surface area (Å²) in [5.74, 6) is 0.540. The molecule has 0 radical (unpaired) electrons. The molecule has 0 saturated carbocycles. The molecule has 0 aromatic heterocycles. The molecule has 1 atom stereocenters. The zero-order chi connectivity index (χ0) is 13.8. The second kappa shape index (κ2) is 5.61. The zero-order valence-electron chi connectivity index (χ0n) is 11.0. The Morgan fingerprint density at radius 2 is 2.37 bits per heavy atom. The Labute approximate surface area is 113 Å². The molecule has 1 heterocycles. The van der Waals surface area contributed by atoms with E-state index in [1.54, 1.807) is 18.2 Å². The van der Waals surface area contributed by atoms with E-state index in [1.165, 1.54) is 6.42 Å². The molecule has 19 heavy (non-hydrogen) atoms. The number of likely N-dealkylation sites (tertiary alicyclic amines) is 1. The Hall–Kier alpha value is -2.22. The Bertz CT molecular complexity index is 521. The van der Waals surface area contributed by atoms with Crippen molar-refractivity contribution in [1.29, 1.82) is 5.26 Å². The molecule has 3 N–H and O–H groups in total. The largest absolute Gasteiger partial charge is 0.397 e. The predicted molar refractivity (Wildman–Crippen MR) is 74.6 cm³/mol. The van der Waals surface area contributed by atoms with Gasteiger partial charge in [-0.3, -0.25) is 0 Å². The molecule has 2 rings (SSSR count). The molecule has 0 aliphatic carbocycles. The molecule has 1 aliphatic heterocycles. The third-order valence-corrected chi connectivity index (χ3v) is 3.37. The van der Waals surface area contributed by atoms with E-state index in [0.717, 1.165) is 19.5 Å². The quantitative estimate of drug-likeness (QED) is 0.759. The van der Waals surface area contributed by atoms with E-state index in [4.69, 9.17) is 11.0 Å². The number of carbonyl (C=O) groups excluding carboxylic acids is 1. The van der Waals surface area contributed by atoms with Crippen LogP contribution in [0, 0.1) is 17.2 Å². The monoisotopic (exact) mass is 258 g/mol. The third kappa shape index (κ3) is 3.16. The highest BCUT2D eigenvalue weighted by molar-refractivity contribution is 5.92. The van der Waals surface area contributed by atoms with Crippen LogP contribution < -0.4 is 11.1 Å². The number of hydrogen-bond acceptors (Lipinski definition) is 3. The van der Waals surface area contributed by atoms with E-state index in [0.29, 0.717) is 22.9 Å². The molecule has 1 aromatic rings. The minimum Gasteiger partial charge on any atom is -0.397 e. The first-order valence-corrected chi connectivity index (χ1v) is 6.45. The fraction of sp³-hybridized carbons (Fsp3) is 0.429. The lowest BCUT2D eigenvalue weighted by atomic mass is 10.0. The highest BCUT2D eigenvalue weighted by Crippen LogP contribution is 2.21. The van der Waals surface area contributed by atoms with Crippen molar-refractivity contribution in [2.45, 2.75) is 19.8 Å². The van der Waals surface area contributed by atoms with Crippen molar-refractivity contribution in [3.8, 4) is 6.07 Å². The van der Waals surface area contributed by atoms with Gasteiger partial charge in [-0.1, -0.05) is 6.92 Å². The molecule has 2 amide bonds. The Morgan fingerprint density at radius 3 is 3.00 bits per heavy atom. The Morgan fingerprint density at radius 1 is 1.58 bits per heavy atom. The summed E-state index contributed by atoms with van der Waals surface area (Å²) in [5.41, 5.74) is 7.28. The highest BCUT2D eigenvalue weighted by Gasteiger charge is 2.21. The number of rotatable bonds is 1. The fourth-order valence-corrected chi connectivity index (χ4v) is 2.31. The van der Waals surface area contributed by atoms with Gasteiger partial charge >= 0.3 is 6.03 Å². The highest BCUT2D eigenvalue weighted by atomic mass is 16.2. The van der Waals surface area contributed by atoms with Gasteiger partial charge in [-0.15, -0.1) is 0 Å². The number of benzene rings is 1. The second-order valence-corrected chi connectivity index (χ2v) is 5.04. The van der Waals surface area contributed by atoms with Crippen molar-refractivity contribution in [1.82, 2.24) is 4.90 Å². The second-order valence-electron chi connectivity index (χ2n) is 5.04. The minimum absolute atomic E-state index is 0.122. The first kappa shape index (κ1) is 13.2. The maximum atomic E-state index is 12.1. The molecule has 5 heteroatoms. The zero-order valence-corrected chi connectivity index (χ0v) is 11.0. The maximum absolute atomic E-state index is 12.1. The number of amides is 2. The van der Waals surface area contributed by atoms with Gasteiger partial charge in [0.2, 0.25) is 0 Å². The van der Waals surface area contributed by atoms with Crippen LogP contribution in [0.2, 0.25) is 0 Å². The van der Waals surface area contributed by atoms with Gasteiger partial charge in [0.25, 0.3) is 0 Å². The van der Waals surface area contributed by atoms with Gasteiger partial charge in [-0.05, 0) is 37.0 Å². The van der Waals surface area contributed by atoms with Crippen LogP contribution in [0.4, 0.5) is 16.2 Å². The third-order valence-electron chi connectivity index (χ3n) is 3.37. The standard InChI is InChI=1S/C14H18N4O/c1-10-3-2-6-18(9-10)14(19)17-13-5-4-11(8-15)7-12(13)16/h4-5,7,10H,2-3,6,9,16H2,1H3,(H,17,19). The van der Waals surface area contributed by atoms with Gasteiger partial charge in [0.05, 0.1) is 23.0 Å². The van der Waals surface area contributed by atoms with Gasteiger partial charge < -0.3 is 16.0 Å². The molecular formula is C14H18N4O. The molecule has 1 aromatic carbocycles. The normalized spacial score (nSPS) is 18.7. The van der Waals surface area contributed by atoms with E-state index in [1.807, 2.05) is 11.0 Å². The molecule has 100 valence electrons. The average Bonchev–Trinajstić information content (AvgIpc) is 2.41. The average molecular weight is 258 g/mol. The van der Waals surface area contributed by atoms with Gasteiger partial charge in [-0.2, -0.15) is 5.26 Å². The molecular weight excluding hydrogens is 240 g/mol. The summed E-state index contributed by atoms with van der Waals surface area (Å²) in [5, 5.41) is 11.6. The van der Waals surface area contributed by atoms with E-state index in [2.05, 4.69) is 12.2 Å². The molecule has 1 unspecified atom stereocenters. The molecule has 1 aliphatic rings. The molecule has 0 bridgehead atoms. The summed E-state index contributed by atoms with van der Waals surface area (Å²) in [7, 11) is 0. The predicted octanol–water partition coefficient (Wildman–Crippen LogP) is 2.40. The number of hydrogen-bond donors (Lipinski definition) is 2. The lowest BCUT2D eigenvalue weighted by Gasteiger charge is -2.31. The van der Waals surface area contributed by atoms with Crippen LogP contribution in [0.3, 0.4) is 0 Å². The van der Waals surface area contributed by atoms with Crippen LogP contribution in [0.25, 0.3) is 0 Å². The van der Waals surface area contributed by atoms with E-state index in [9.17, 15) is 4.79 Å². The van der Waals surface area contributed by atoms with Gasteiger partial charge in [0.15, 0.2) is 0 Å². The first-order chi connectivity index (χ1) is 9.10. The van der Waals surface area contributed by atoms with Crippen LogP contribution in [-0.4, -0.2) is 24.0 Å². The summed E-state index contributed by atoms with van der Waals surface area (Å²) in [6, 6.07) is 6.77. The van der Waals surface area contributed by atoms with Crippen molar-refractivity contribution < 1.29 is 4.79 Å². The molecule has 0 spiro atoms. The number of nitrogens with zero attached hydrogens (tertiary/aromatic N) is 2. The van der Waals surface area contributed by atoms with Crippen LogP contribution in [0.15, 0.2) is 18.2 Å². The Balaban J connectivity index is 2.04. The van der Waals surface area contributed by atoms with Gasteiger partial charge in [-0.25, -0.2) is 4.79 Å². The number of nitriles is 1. The van der Waals surface area contributed by atoms with Crippen molar-refractivity contribution in [2.75, 3.05) is 24.1 Å². The molecule has 5 nitrogen and oxygen atoms in total. The fourth-order valence-electron chi connectivity index (χ4n) is 2.31. The van der Waals surface area contributed by atoms with Crippen LogP contribution in [0.1, 0.15) is 25.3 Å². The lowest BCUT2D eigenvalue weighted by Crippen LogP contribution is -2.41. The molecule has 1 saturated heterocycles. The van der Waals surface area contributed by atoms with E-state index >= 15 is 0 Å². The van der Waals surface area contributed by atoms with Crippen molar-refractivity contribution in [3.05, 3.63) is 23.8 Å². The van der Waals surface area contributed by atoms with Crippen LogP contribution in [0.5, 0.6) is 0 Å². The van der Waals surface area contributed by atoms with Crippen LogP contribution >= 0.6 is 0 Å². The Kier molecular flexibility index (Phi) is 3.91. The van der Waals surface area contributed by atoms with Crippen molar-refractivity contribution in [3.63, 3.8) is 0 Å². The SMILES string of the molecule is CC1CCCN(C(=O)Nc2ccc(C#N)cc2N)C1. The van der Waals surface area contributed by atoms with E-state index < -0.39 is 0 Å². The maximum Gasteiger partial charge on any atom is 0.321 e. The number of anilines is 2. The summed E-state index contributed by atoms with van der Waals surface area (Å²) >= 11 is 0. The summed E-state index contributed by atoms with van der Waals surface area (Å²) in [6.07, 6.45) is 2.21. The van der Waals surface area contributed by atoms with Crippen molar-refractivity contribution in [2.24, 2.45) is 5.92 Å². The number of carbonyl (C=O) groups is 1. The summed E-state index contributed by atoms with van der Waals surface area (Å²) in [6.45, 7) is 3.71. The first-order valence-electron chi connectivity index (χ1n) is 6.45.